The second kappa shape index (κ2) is 5.39. The van der Waals surface area contributed by atoms with Gasteiger partial charge in [-0.1, -0.05) is 19.9 Å². The van der Waals surface area contributed by atoms with E-state index in [9.17, 15) is 0 Å². The number of halogens is 1. The second-order valence-electron chi connectivity index (χ2n) is 5.27. The van der Waals surface area contributed by atoms with Crippen LogP contribution in [-0.2, 0) is 0 Å². The van der Waals surface area contributed by atoms with Crippen LogP contribution in [0.4, 0.5) is 5.69 Å². The zero-order chi connectivity index (χ0) is 11.5. The first-order valence-corrected chi connectivity index (χ1v) is 7.23. The van der Waals surface area contributed by atoms with Crippen molar-refractivity contribution in [2.45, 2.75) is 39.2 Å². The number of hydrogen-bond acceptors (Lipinski definition) is 1. The van der Waals surface area contributed by atoms with Crippen molar-refractivity contribution < 1.29 is 0 Å². The maximum Gasteiger partial charge on any atom is 0.0352 e. The molecule has 1 saturated carbocycles. The maximum atomic E-state index is 3.68. The summed E-state index contributed by atoms with van der Waals surface area (Å²) in [5.41, 5.74) is 1.28. The topological polar surface area (TPSA) is 12.0 Å². The minimum Gasteiger partial charge on any atom is -0.382 e. The third-order valence-corrected chi connectivity index (χ3v) is 4.04. The Bertz CT molecular complexity index is 340. The van der Waals surface area contributed by atoms with Gasteiger partial charge in [-0.2, -0.15) is 0 Å². The lowest BCUT2D eigenvalue weighted by Gasteiger charge is -2.32. The van der Waals surface area contributed by atoms with Gasteiger partial charge in [-0.05, 0) is 71.9 Å². The second-order valence-corrected chi connectivity index (χ2v) is 6.51. The summed E-state index contributed by atoms with van der Waals surface area (Å²) in [6, 6.07) is 9.32. The summed E-state index contributed by atoms with van der Waals surface area (Å²) >= 11 is 2.37. The Kier molecular flexibility index (Phi) is 4.11. The molecule has 1 aliphatic rings. The van der Waals surface area contributed by atoms with Gasteiger partial charge < -0.3 is 5.32 Å². The molecule has 0 saturated heterocycles. The summed E-state index contributed by atoms with van der Waals surface area (Å²) in [6.45, 7) is 4.75. The summed E-state index contributed by atoms with van der Waals surface area (Å²) in [5, 5.41) is 3.68. The molecule has 2 atom stereocenters. The third kappa shape index (κ3) is 3.37. The highest BCUT2D eigenvalue weighted by atomic mass is 127. The van der Waals surface area contributed by atoms with E-state index in [1.54, 1.807) is 0 Å². The normalized spacial score (nSPS) is 30.1. The molecular formula is C14H20IN. The van der Waals surface area contributed by atoms with Crippen molar-refractivity contribution in [3.8, 4) is 0 Å². The van der Waals surface area contributed by atoms with Gasteiger partial charge in [-0.15, -0.1) is 0 Å². The lowest BCUT2D eigenvalue weighted by atomic mass is 9.80. The van der Waals surface area contributed by atoms with Gasteiger partial charge in [0.05, 0.1) is 0 Å². The maximum absolute atomic E-state index is 3.68. The highest BCUT2D eigenvalue weighted by Gasteiger charge is 2.23. The molecule has 0 bridgehead atoms. The quantitative estimate of drug-likeness (QED) is 0.786. The molecule has 2 heteroatoms. The Hall–Kier alpha value is -0.250. The van der Waals surface area contributed by atoms with Gasteiger partial charge in [0.15, 0.2) is 0 Å². The molecule has 0 aromatic heterocycles. The highest BCUT2D eigenvalue weighted by Crippen LogP contribution is 2.30. The fourth-order valence-corrected chi connectivity index (χ4v) is 3.42. The molecule has 1 aliphatic carbocycles. The van der Waals surface area contributed by atoms with Crippen molar-refractivity contribution in [1.29, 1.82) is 0 Å². The summed E-state index contributed by atoms with van der Waals surface area (Å²) < 4.78 is 1.31. The van der Waals surface area contributed by atoms with Crippen LogP contribution in [-0.4, -0.2) is 6.04 Å². The van der Waals surface area contributed by atoms with E-state index in [1.807, 2.05) is 0 Å². The molecule has 1 fully saturated rings. The molecule has 2 unspecified atom stereocenters. The van der Waals surface area contributed by atoms with Crippen molar-refractivity contribution in [2.24, 2.45) is 11.8 Å². The van der Waals surface area contributed by atoms with Crippen LogP contribution in [0.5, 0.6) is 0 Å². The molecule has 0 radical (unpaired) electrons. The largest absolute Gasteiger partial charge is 0.382 e. The number of anilines is 1. The summed E-state index contributed by atoms with van der Waals surface area (Å²) in [7, 11) is 0. The van der Waals surface area contributed by atoms with E-state index in [0.29, 0.717) is 6.04 Å². The van der Waals surface area contributed by atoms with E-state index in [1.165, 1.54) is 28.5 Å². The molecule has 0 amide bonds. The summed E-state index contributed by atoms with van der Waals surface area (Å²) in [5.74, 6) is 1.73. The van der Waals surface area contributed by atoms with Crippen LogP contribution in [0.25, 0.3) is 0 Å². The van der Waals surface area contributed by atoms with Crippen LogP contribution in [0.1, 0.15) is 33.1 Å². The van der Waals surface area contributed by atoms with Gasteiger partial charge in [0.1, 0.15) is 0 Å². The molecule has 0 aliphatic heterocycles. The Morgan fingerprint density at radius 3 is 2.44 bits per heavy atom. The molecule has 1 N–H and O–H groups in total. The standard InChI is InChI=1S/C14H20IN/c1-10-6-11(2)8-14(7-10)16-13-5-3-4-12(15)9-13/h3-5,9-11,14,16H,6-8H2,1-2H3. The fourth-order valence-electron chi connectivity index (χ4n) is 2.88. The molecular weight excluding hydrogens is 309 g/mol. The number of rotatable bonds is 2. The monoisotopic (exact) mass is 329 g/mol. The van der Waals surface area contributed by atoms with E-state index in [4.69, 9.17) is 0 Å². The van der Waals surface area contributed by atoms with Gasteiger partial charge in [-0.3, -0.25) is 0 Å². The predicted octanol–water partition coefficient (Wildman–Crippen LogP) is 4.53. The highest BCUT2D eigenvalue weighted by molar-refractivity contribution is 14.1. The SMILES string of the molecule is CC1CC(C)CC(Nc2cccc(I)c2)C1. The fraction of sp³-hybridized carbons (Fsp3) is 0.571. The molecule has 1 nitrogen and oxygen atoms in total. The van der Waals surface area contributed by atoms with E-state index >= 15 is 0 Å². The molecule has 16 heavy (non-hydrogen) atoms. The van der Waals surface area contributed by atoms with Crippen LogP contribution in [0.15, 0.2) is 24.3 Å². The molecule has 0 heterocycles. The first-order valence-electron chi connectivity index (χ1n) is 6.15. The summed E-state index contributed by atoms with van der Waals surface area (Å²) in [6.07, 6.45) is 4.02. The average Bonchev–Trinajstić information content (AvgIpc) is 2.15. The zero-order valence-electron chi connectivity index (χ0n) is 10.0. The zero-order valence-corrected chi connectivity index (χ0v) is 12.2. The smallest absolute Gasteiger partial charge is 0.0352 e. The van der Waals surface area contributed by atoms with E-state index < -0.39 is 0 Å². The van der Waals surface area contributed by atoms with E-state index in [2.05, 4.69) is 66.0 Å². The minimum atomic E-state index is 0.664. The van der Waals surface area contributed by atoms with Gasteiger partial charge in [-0.25, -0.2) is 0 Å². The predicted molar refractivity (Wildman–Crippen MR) is 78.7 cm³/mol. The van der Waals surface area contributed by atoms with Crippen LogP contribution < -0.4 is 5.32 Å². The number of nitrogens with one attached hydrogen (secondary N) is 1. The molecule has 88 valence electrons. The van der Waals surface area contributed by atoms with E-state index in [0.717, 1.165) is 11.8 Å². The van der Waals surface area contributed by atoms with Crippen LogP contribution in [0, 0.1) is 15.4 Å². The molecule has 1 aromatic carbocycles. The molecule has 2 rings (SSSR count). The van der Waals surface area contributed by atoms with Crippen molar-refractivity contribution in [1.82, 2.24) is 0 Å². The Labute approximate surface area is 112 Å². The van der Waals surface area contributed by atoms with Gasteiger partial charge in [0.2, 0.25) is 0 Å². The van der Waals surface area contributed by atoms with Gasteiger partial charge >= 0.3 is 0 Å². The summed E-state index contributed by atoms with van der Waals surface area (Å²) in [4.78, 5) is 0. The Balaban J connectivity index is 1.98. The van der Waals surface area contributed by atoms with Crippen molar-refractivity contribution in [3.05, 3.63) is 27.8 Å². The lowest BCUT2D eigenvalue weighted by molar-refractivity contribution is 0.281. The number of benzene rings is 1. The van der Waals surface area contributed by atoms with Crippen molar-refractivity contribution in [3.63, 3.8) is 0 Å². The van der Waals surface area contributed by atoms with Crippen LogP contribution in [0.2, 0.25) is 0 Å². The Morgan fingerprint density at radius 1 is 1.12 bits per heavy atom. The molecule has 0 spiro atoms. The Morgan fingerprint density at radius 2 is 1.81 bits per heavy atom. The number of hydrogen-bond donors (Lipinski definition) is 1. The van der Waals surface area contributed by atoms with Gasteiger partial charge in [0, 0.05) is 15.3 Å². The van der Waals surface area contributed by atoms with Crippen LogP contribution in [0.3, 0.4) is 0 Å². The first kappa shape index (κ1) is 12.2. The molecule has 1 aromatic rings. The van der Waals surface area contributed by atoms with Gasteiger partial charge in [0.25, 0.3) is 0 Å². The average molecular weight is 329 g/mol. The first-order chi connectivity index (χ1) is 7.63. The van der Waals surface area contributed by atoms with Crippen molar-refractivity contribution in [2.75, 3.05) is 5.32 Å². The van der Waals surface area contributed by atoms with E-state index in [-0.39, 0.29) is 0 Å². The van der Waals surface area contributed by atoms with Crippen molar-refractivity contribution >= 4 is 28.3 Å². The van der Waals surface area contributed by atoms with Crippen LogP contribution >= 0.6 is 22.6 Å². The third-order valence-electron chi connectivity index (χ3n) is 3.37. The lowest BCUT2D eigenvalue weighted by Crippen LogP contribution is -2.30. The minimum absolute atomic E-state index is 0.664.